The molecule has 33 heavy (non-hydrogen) atoms. The molecule has 8 nitrogen and oxygen atoms in total. The third-order valence-corrected chi connectivity index (χ3v) is 8.98. The Balaban J connectivity index is 1.40. The first-order valence-electron chi connectivity index (χ1n) is 12.2. The normalized spacial score (nSPS) is 19.4. The van der Waals surface area contributed by atoms with E-state index in [0.717, 1.165) is 63.2 Å². The van der Waals surface area contributed by atoms with Crippen molar-refractivity contribution >= 4 is 27.0 Å². The Labute approximate surface area is 197 Å². The summed E-state index contributed by atoms with van der Waals surface area (Å²) in [5.74, 6) is 1.42. The lowest BCUT2D eigenvalue weighted by molar-refractivity contribution is -0.127. The predicted octanol–water partition coefficient (Wildman–Crippen LogP) is 2.97. The fraction of sp³-hybridized carbons (Fsp3) is 0.667. The lowest BCUT2D eigenvalue weighted by Gasteiger charge is -2.33. The van der Waals surface area contributed by atoms with Crippen LogP contribution in [0.5, 0.6) is 0 Å². The summed E-state index contributed by atoms with van der Waals surface area (Å²) < 4.78 is 28.4. The number of rotatable bonds is 7. The number of hydrogen-bond donors (Lipinski definition) is 1. The van der Waals surface area contributed by atoms with Gasteiger partial charge in [-0.1, -0.05) is 19.3 Å². The van der Waals surface area contributed by atoms with Crippen LogP contribution in [0.15, 0.2) is 23.1 Å². The van der Waals surface area contributed by atoms with Gasteiger partial charge in [0.1, 0.15) is 5.82 Å². The zero-order valence-corrected chi connectivity index (χ0v) is 20.9. The van der Waals surface area contributed by atoms with E-state index in [1.165, 1.54) is 37.7 Å². The van der Waals surface area contributed by atoms with Gasteiger partial charge in [-0.25, -0.2) is 17.7 Å². The molecule has 0 unspecified atom stereocenters. The highest BCUT2D eigenvalue weighted by Gasteiger charge is 2.27. The van der Waals surface area contributed by atoms with Crippen molar-refractivity contribution in [2.45, 2.75) is 75.9 Å². The maximum atomic E-state index is 12.6. The molecule has 1 saturated carbocycles. The van der Waals surface area contributed by atoms with Gasteiger partial charge in [0.15, 0.2) is 0 Å². The van der Waals surface area contributed by atoms with E-state index in [1.807, 2.05) is 6.07 Å². The van der Waals surface area contributed by atoms with Gasteiger partial charge in [-0.15, -0.1) is 0 Å². The summed E-state index contributed by atoms with van der Waals surface area (Å²) in [5, 5.41) is 3.30. The summed E-state index contributed by atoms with van der Waals surface area (Å²) in [6.45, 7) is 5.43. The van der Waals surface area contributed by atoms with Gasteiger partial charge < -0.3 is 9.88 Å². The number of nitrogens with zero attached hydrogens (tertiary/aromatic N) is 4. The van der Waals surface area contributed by atoms with Crippen LogP contribution in [0.3, 0.4) is 0 Å². The van der Waals surface area contributed by atoms with Gasteiger partial charge in [0, 0.05) is 45.7 Å². The Hall–Kier alpha value is -1.97. The highest BCUT2D eigenvalue weighted by Crippen LogP contribution is 2.25. The molecule has 2 fully saturated rings. The van der Waals surface area contributed by atoms with E-state index >= 15 is 0 Å². The molecule has 2 aliphatic rings. The zero-order chi connectivity index (χ0) is 23.6. The minimum Gasteiger partial charge on any atom is -0.353 e. The van der Waals surface area contributed by atoms with Crippen LogP contribution in [0.2, 0.25) is 0 Å². The second kappa shape index (κ2) is 10.1. The smallest absolute Gasteiger partial charge is 0.242 e. The molecule has 0 bridgehead atoms. The molecular weight excluding hydrogens is 438 g/mol. The van der Waals surface area contributed by atoms with Crippen LogP contribution >= 0.6 is 0 Å². The summed E-state index contributed by atoms with van der Waals surface area (Å²) in [5.41, 5.74) is 1.67. The van der Waals surface area contributed by atoms with Crippen molar-refractivity contribution in [1.29, 1.82) is 0 Å². The molecule has 0 spiro atoms. The van der Waals surface area contributed by atoms with Crippen LogP contribution in [0.4, 0.5) is 0 Å². The number of fused-ring (bicyclic) bond motifs is 1. The Kier molecular flexibility index (Phi) is 7.40. The molecule has 1 N–H and O–H groups in total. The van der Waals surface area contributed by atoms with Crippen molar-refractivity contribution in [2.75, 3.05) is 27.2 Å². The SMILES string of the molecule is CCn1c(CN2CCC(NC(=O)C3CCCCC3)CC2)nc2cc(S(=O)(=O)N(C)C)ccc21. The van der Waals surface area contributed by atoms with Gasteiger partial charge in [-0.05, 0) is 50.8 Å². The fourth-order valence-corrected chi connectivity index (χ4v) is 6.05. The Morgan fingerprint density at radius 3 is 2.45 bits per heavy atom. The second-order valence-electron chi connectivity index (χ2n) is 9.60. The lowest BCUT2D eigenvalue weighted by atomic mass is 9.88. The first-order valence-corrected chi connectivity index (χ1v) is 13.7. The average Bonchev–Trinajstić information content (AvgIpc) is 3.16. The molecule has 2 heterocycles. The zero-order valence-electron chi connectivity index (χ0n) is 20.1. The number of aryl methyl sites for hydroxylation is 1. The standard InChI is InChI=1S/C24H37N5O3S/c1-4-29-22-11-10-20(33(31,32)27(2)3)16-21(22)26-23(29)17-28-14-12-19(13-15-28)25-24(30)18-8-6-5-7-9-18/h10-11,16,18-19H,4-9,12-15,17H2,1-3H3,(H,25,30). The summed E-state index contributed by atoms with van der Waals surface area (Å²) >= 11 is 0. The monoisotopic (exact) mass is 475 g/mol. The number of likely N-dealkylation sites (tertiary alicyclic amines) is 1. The maximum absolute atomic E-state index is 12.6. The van der Waals surface area contributed by atoms with Crippen LogP contribution < -0.4 is 5.32 Å². The van der Waals surface area contributed by atoms with Gasteiger partial charge in [-0.2, -0.15) is 0 Å². The van der Waals surface area contributed by atoms with Crippen LogP contribution in [-0.2, 0) is 27.9 Å². The van der Waals surface area contributed by atoms with Gasteiger partial charge in [0.25, 0.3) is 0 Å². The highest BCUT2D eigenvalue weighted by molar-refractivity contribution is 7.89. The van der Waals surface area contributed by atoms with Crippen LogP contribution in [-0.4, -0.2) is 66.3 Å². The van der Waals surface area contributed by atoms with Crippen molar-refractivity contribution < 1.29 is 13.2 Å². The summed E-state index contributed by atoms with van der Waals surface area (Å²) in [4.78, 5) is 20.0. The number of piperidine rings is 1. The molecule has 1 aliphatic carbocycles. The molecule has 1 aromatic carbocycles. The van der Waals surface area contributed by atoms with Gasteiger partial charge in [0.2, 0.25) is 15.9 Å². The van der Waals surface area contributed by atoms with Crippen molar-refractivity contribution in [3.05, 3.63) is 24.0 Å². The van der Waals surface area contributed by atoms with Crippen molar-refractivity contribution in [3.63, 3.8) is 0 Å². The Morgan fingerprint density at radius 1 is 1.12 bits per heavy atom. The molecule has 0 atom stereocenters. The number of hydrogen-bond acceptors (Lipinski definition) is 5. The predicted molar refractivity (Wildman–Crippen MR) is 129 cm³/mol. The number of aromatic nitrogens is 2. The topological polar surface area (TPSA) is 87.5 Å². The number of sulfonamides is 1. The van der Waals surface area contributed by atoms with E-state index in [4.69, 9.17) is 4.98 Å². The van der Waals surface area contributed by atoms with E-state index in [0.29, 0.717) is 5.52 Å². The van der Waals surface area contributed by atoms with E-state index in [-0.39, 0.29) is 22.8 Å². The largest absolute Gasteiger partial charge is 0.353 e. The van der Waals surface area contributed by atoms with Crippen LogP contribution in [0, 0.1) is 5.92 Å². The van der Waals surface area contributed by atoms with Crippen LogP contribution in [0.1, 0.15) is 57.7 Å². The highest BCUT2D eigenvalue weighted by atomic mass is 32.2. The number of benzene rings is 1. The first kappa shape index (κ1) is 24.2. The van der Waals surface area contributed by atoms with E-state index in [9.17, 15) is 13.2 Å². The molecule has 4 rings (SSSR count). The van der Waals surface area contributed by atoms with Gasteiger partial charge in [-0.3, -0.25) is 9.69 Å². The second-order valence-corrected chi connectivity index (χ2v) is 11.8. The van der Waals surface area contributed by atoms with E-state index in [2.05, 4.69) is 21.7 Å². The fourth-order valence-electron chi connectivity index (χ4n) is 5.12. The van der Waals surface area contributed by atoms with Crippen molar-refractivity contribution in [1.82, 2.24) is 24.1 Å². The maximum Gasteiger partial charge on any atom is 0.242 e. The minimum atomic E-state index is -3.49. The molecule has 1 amide bonds. The van der Waals surface area contributed by atoms with Crippen molar-refractivity contribution in [2.24, 2.45) is 5.92 Å². The number of imidazole rings is 1. The molecule has 9 heteroatoms. The first-order chi connectivity index (χ1) is 15.8. The lowest BCUT2D eigenvalue weighted by Crippen LogP contribution is -2.46. The molecule has 1 aromatic heterocycles. The molecule has 182 valence electrons. The Morgan fingerprint density at radius 2 is 1.82 bits per heavy atom. The summed E-state index contributed by atoms with van der Waals surface area (Å²) in [7, 11) is -0.414. The summed E-state index contributed by atoms with van der Waals surface area (Å²) in [6.07, 6.45) is 7.60. The summed E-state index contributed by atoms with van der Waals surface area (Å²) in [6, 6.07) is 5.46. The molecule has 0 radical (unpaired) electrons. The molecule has 1 saturated heterocycles. The number of nitrogens with one attached hydrogen (secondary N) is 1. The average molecular weight is 476 g/mol. The quantitative estimate of drug-likeness (QED) is 0.665. The molecular formula is C24H37N5O3S. The molecule has 2 aromatic rings. The third kappa shape index (κ3) is 5.25. The van der Waals surface area contributed by atoms with Crippen LogP contribution in [0.25, 0.3) is 11.0 Å². The minimum absolute atomic E-state index is 0.211. The Bertz CT molecular complexity index is 1080. The van der Waals surface area contributed by atoms with Gasteiger partial charge in [0.05, 0.1) is 22.5 Å². The van der Waals surface area contributed by atoms with E-state index < -0.39 is 10.0 Å². The number of amides is 1. The van der Waals surface area contributed by atoms with E-state index in [1.54, 1.807) is 12.1 Å². The number of carbonyl (C=O) groups is 1. The van der Waals surface area contributed by atoms with Gasteiger partial charge >= 0.3 is 0 Å². The van der Waals surface area contributed by atoms with Crippen molar-refractivity contribution in [3.8, 4) is 0 Å². The number of carbonyl (C=O) groups excluding carboxylic acids is 1. The third-order valence-electron chi connectivity index (χ3n) is 7.17. The molecule has 1 aliphatic heterocycles.